The van der Waals surface area contributed by atoms with Gasteiger partial charge in [-0.25, -0.2) is 0 Å². The second kappa shape index (κ2) is 15.6. The van der Waals surface area contributed by atoms with Crippen molar-refractivity contribution in [2.75, 3.05) is 0 Å². The van der Waals surface area contributed by atoms with Gasteiger partial charge in [-0.1, -0.05) is 189 Å². The molecule has 1 aromatic heterocycles. The lowest BCUT2D eigenvalue weighted by Gasteiger charge is -2.63. The van der Waals surface area contributed by atoms with E-state index < -0.39 is 0 Å². The van der Waals surface area contributed by atoms with Crippen LogP contribution in [0.1, 0.15) is 83.0 Å². The lowest BCUT2D eigenvalue weighted by Crippen LogP contribution is -2.55. The fourth-order valence-corrected chi connectivity index (χ4v) is 14.4. The molecule has 0 radical (unpaired) electrons. The van der Waals surface area contributed by atoms with Gasteiger partial charge in [0.15, 0.2) is 0 Å². The van der Waals surface area contributed by atoms with E-state index in [-0.39, 0.29) is 17.5 Å². The minimum absolute atomic E-state index is 0.148. The van der Waals surface area contributed by atoms with Crippen molar-refractivity contribution in [2.45, 2.75) is 90.9 Å². The largest absolute Gasteiger partial charge is 0.456 e. The minimum Gasteiger partial charge on any atom is -0.456 e. The highest BCUT2D eigenvalue weighted by Crippen LogP contribution is 2.66. The van der Waals surface area contributed by atoms with Gasteiger partial charge in [-0.05, 0) is 172 Å². The van der Waals surface area contributed by atoms with E-state index in [1.54, 1.807) is 11.1 Å². The van der Waals surface area contributed by atoms with Gasteiger partial charge in [0.05, 0.1) is 0 Å². The number of aryl methyl sites for hydroxylation is 6. The molecule has 8 aromatic carbocycles. The Labute approximate surface area is 392 Å². The highest BCUT2D eigenvalue weighted by molar-refractivity contribution is 6.96. The van der Waals surface area contributed by atoms with Gasteiger partial charge in [-0.2, -0.15) is 0 Å². The Morgan fingerprint density at radius 3 is 1.42 bits per heavy atom. The summed E-state index contributed by atoms with van der Waals surface area (Å²) in [4.78, 5) is 0. The first-order valence-corrected chi connectivity index (χ1v) is 24.5. The third-order valence-corrected chi connectivity index (χ3v) is 16.6. The van der Waals surface area contributed by atoms with E-state index in [1.807, 2.05) is 6.07 Å². The van der Waals surface area contributed by atoms with Crippen molar-refractivity contribution in [2.24, 2.45) is 11.8 Å². The minimum atomic E-state index is 0.148. The van der Waals surface area contributed by atoms with E-state index in [0.29, 0.717) is 0 Å². The Bertz CT molecular complexity index is 3230. The molecule has 2 atom stereocenters. The molecule has 4 saturated carbocycles. The third-order valence-electron chi connectivity index (χ3n) is 16.6. The summed E-state index contributed by atoms with van der Waals surface area (Å²) in [5.41, 5.74) is 25.4. The van der Waals surface area contributed by atoms with Crippen molar-refractivity contribution in [1.82, 2.24) is 0 Å². The molecule has 4 aliphatic carbocycles. The molecule has 2 unspecified atom stereocenters. The second-order valence-corrected chi connectivity index (χ2v) is 21.2. The fourth-order valence-electron chi connectivity index (χ4n) is 14.4. The van der Waals surface area contributed by atoms with Crippen molar-refractivity contribution < 1.29 is 4.42 Å². The second-order valence-electron chi connectivity index (χ2n) is 21.2. The van der Waals surface area contributed by atoms with Crippen LogP contribution in [0.25, 0.3) is 55.3 Å². The number of furan rings is 1. The molecule has 0 N–H and O–H groups in total. The summed E-state index contributed by atoms with van der Waals surface area (Å²) in [6.45, 7) is 13.8. The number of benzene rings is 8. The molecule has 4 fully saturated rings. The number of rotatable bonds is 8. The molecule has 0 aliphatic heterocycles. The van der Waals surface area contributed by atoms with Gasteiger partial charge in [0.25, 0.3) is 0 Å². The summed E-state index contributed by atoms with van der Waals surface area (Å²) in [6, 6.07) is 62.7. The van der Waals surface area contributed by atoms with Crippen LogP contribution < -0.4 is 16.4 Å². The number of hydrogen-bond acceptors (Lipinski definition) is 1. The highest BCUT2D eigenvalue weighted by atomic mass is 16.3. The summed E-state index contributed by atoms with van der Waals surface area (Å²) in [6.07, 6.45) is 7.99. The Morgan fingerprint density at radius 1 is 0.409 bits per heavy atom. The summed E-state index contributed by atoms with van der Waals surface area (Å²) in [5, 5.41) is 2.38. The van der Waals surface area contributed by atoms with Crippen LogP contribution in [-0.4, -0.2) is 6.71 Å². The van der Waals surface area contributed by atoms with Crippen molar-refractivity contribution in [3.8, 4) is 33.4 Å². The molecule has 0 spiro atoms. The monoisotopic (exact) mass is 854 g/mol. The van der Waals surface area contributed by atoms with Gasteiger partial charge >= 0.3 is 0 Å². The van der Waals surface area contributed by atoms with Gasteiger partial charge in [0, 0.05) is 10.8 Å². The van der Waals surface area contributed by atoms with Crippen molar-refractivity contribution in [1.29, 1.82) is 0 Å². The van der Waals surface area contributed by atoms with Crippen LogP contribution in [0.15, 0.2) is 168 Å². The molecule has 1 heterocycles. The third kappa shape index (κ3) is 6.90. The first-order valence-electron chi connectivity index (χ1n) is 24.5. The lowest BCUT2D eigenvalue weighted by atomic mass is 9.34. The van der Waals surface area contributed by atoms with Crippen LogP contribution in [0.3, 0.4) is 0 Å². The predicted molar refractivity (Wildman–Crippen MR) is 280 cm³/mol. The van der Waals surface area contributed by atoms with Crippen LogP contribution in [0.4, 0.5) is 0 Å². The van der Waals surface area contributed by atoms with Crippen molar-refractivity contribution in [3.63, 3.8) is 0 Å². The van der Waals surface area contributed by atoms with Gasteiger partial charge in [-0.15, -0.1) is 0 Å². The topological polar surface area (TPSA) is 13.1 Å². The van der Waals surface area contributed by atoms with E-state index >= 15 is 0 Å². The Morgan fingerprint density at radius 2 is 0.864 bits per heavy atom. The zero-order chi connectivity index (χ0) is 44.9. The summed E-state index contributed by atoms with van der Waals surface area (Å²) >= 11 is 0. The molecule has 9 aromatic rings. The van der Waals surface area contributed by atoms with E-state index in [1.165, 1.54) is 132 Å². The zero-order valence-corrected chi connectivity index (χ0v) is 39.5. The van der Waals surface area contributed by atoms with Gasteiger partial charge in [-0.3, -0.25) is 0 Å². The van der Waals surface area contributed by atoms with Crippen LogP contribution >= 0.6 is 0 Å². The van der Waals surface area contributed by atoms with Crippen molar-refractivity contribution >= 4 is 45.0 Å². The number of para-hydroxylation sites is 1. The quantitative estimate of drug-likeness (QED) is 0.139. The first-order chi connectivity index (χ1) is 32.0. The maximum atomic E-state index is 6.15. The molecular formula is C64H59BO. The van der Waals surface area contributed by atoms with E-state index in [4.69, 9.17) is 4.42 Å². The standard InChI is InChI=1S/C64H59BO/c1-40-27-42(3)61(43(4)28-40)65(62-44(5)29-41(2)30-45(62)6)56-14-10-13-52(33-56)51-12-9-11-50(32-51)48-17-22-54(23-18-48)63-35-46-31-47(36-63)38-64(37-46,39-63)55-24-19-49(20-25-55)53-21-26-60-58(34-53)57-15-7-8-16-59(57)66-60/h7-30,32-34,46-47H,31,35-39H2,1-6H3. The maximum Gasteiger partial charge on any atom is 0.242 e. The summed E-state index contributed by atoms with van der Waals surface area (Å²) in [7, 11) is 0. The number of fused-ring (bicyclic) bond motifs is 3. The molecule has 4 aliphatic rings. The summed E-state index contributed by atoms with van der Waals surface area (Å²) < 4.78 is 6.15. The van der Waals surface area contributed by atoms with E-state index in [9.17, 15) is 0 Å². The summed E-state index contributed by atoms with van der Waals surface area (Å²) in [5.74, 6) is 1.60. The van der Waals surface area contributed by atoms with Crippen LogP contribution in [-0.2, 0) is 10.8 Å². The average molecular weight is 855 g/mol. The molecular weight excluding hydrogens is 796 g/mol. The fraction of sp³-hybridized carbons (Fsp3) is 0.250. The number of hydrogen-bond donors (Lipinski definition) is 0. The van der Waals surface area contributed by atoms with Gasteiger partial charge in [0.2, 0.25) is 6.71 Å². The molecule has 13 rings (SSSR count). The first kappa shape index (κ1) is 41.1. The van der Waals surface area contributed by atoms with E-state index in [2.05, 4.69) is 199 Å². The van der Waals surface area contributed by atoms with E-state index in [0.717, 1.165) is 23.0 Å². The van der Waals surface area contributed by atoms with Crippen LogP contribution in [0.5, 0.6) is 0 Å². The van der Waals surface area contributed by atoms with Crippen LogP contribution in [0, 0.1) is 53.4 Å². The molecule has 0 saturated heterocycles. The molecule has 324 valence electrons. The smallest absolute Gasteiger partial charge is 0.242 e. The van der Waals surface area contributed by atoms with Gasteiger partial charge in [0.1, 0.15) is 11.2 Å². The lowest BCUT2D eigenvalue weighted by molar-refractivity contribution is -0.0281. The van der Waals surface area contributed by atoms with Gasteiger partial charge < -0.3 is 4.42 Å². The molecule has 0 amide bonds. The highest BCUT2D eigenvalue weighted by Gasteiger charge is 2.58. The normalized spacial score (nSPS) is 20.9. The predicted octanol–water partition coefficient (Wildman–Crippen LogP) is 14.7. The average Bonchev–Trinajstić information content (AvgIpc) is 3.68. The Hall–Kier alpha value is -6.38. The Balaban J connectivity index is 0.830. The van der Waals surface area contributed by atoms with Crippen molar-refractivity contribution in [3.05, 3.63) is 208 Å². The molecule has 2 heteroatoms. The Kier molecular flexibility index (Phi) is 9.73. The maximum absolute atomic E-state index is 6.15. The zero-order valence-electron chi connectivity index (χ0n) is 39.5. The van der Waals surface area contributed by atoms with Crippen LogP contribution in [0.2, 0.25) is 0 Å². The molecule has 66 heavy (non-hydrogen) atoms. The molecule has 4 bridgehead atoms. The SMILES string of the molecule is Cc1cc(C)c(B(c2cccc(-c3cccc(-c4ccc(C56CC7CC(C5)CC(c5ccc(-c8ccc9oc%10ccccc%10c9c8)cc5)(C7)C6)cc4)c3)c2)c2c(C)cc(C)cc2C)c(C)c1. The molecule has 1 nitrogen and oxygen atoms in total.